The summed E-state index contributed by atoms with van der Waals surface area (Å²) >= 11 is 0. The topological polar surface area (TPSA) is 95.9 Å². The van der Waals surface area contributed by atoms with Gasteiger partial charge in [0, 0.05) is 11.8 Å². The number of aromatic hydroxyl groups is 1. The van der Waals surface area contributed by atoms with Gasteiger partial charge in [-0.1, -0.05) is 0 Å². The number of halogens is 3. The van der Waals surface area contributed by atoms with Crippen LogP contribution in [0.15, 0.2) is 18.2 Å². The summed E-state index contributed by atoms with van der Waals surface area (Å²) in [6.07, 6.45) is -4.76. The summed E-state index contributed by atoms with van der Waals surface area (Å²) in [4.78, 5) is 22.1. The Morgan fingerprint density at radius 3 is 2.48 bits per heavy atom. The SMILES string of the molecule is O=C(CCOCC(F)(F)F)Nc1ccc(C(=O)O)c(O)c1. The largest absolute Gasteiger partial charge is 0.507 e. The minimum absolute atomic E-state index is 0.123. The number of carbonyl (C=O) groups excluding carboxylic acids is 1. The van der Waals surface area contributed by atoms with E-state index >= 15 is 0 Å². The molecule has 1 amide bonds. The first-order chi connectivity index (χ1) is 9.69. The van der Waals surface area contributed by atoms with Crippen molar-refractivity contribution in [2.75, 3.05) is 18.5 Å². The third kappa shape index (κ3) is 6.13. The van der Waals surface area contributed by atoms with Gasteiger partial charge in [-0.15, -0.1) is 0 Å². The predicted molar refractivity (Wildman–Crippen MR) is 65.2 cm³/mol. The van der Waals surface area contributed by atoms with Crippen molar-refractivity contribution in [1.82, 2.24) is 0 Å². The lowest BCUT2D eigenvalue weighted by Crippen LogP contribution is -2.20. The van der Waals surface area contributed by atoms with Crippen LogP contribution < -0.4 is 5.32 Å². The van der Waals surface area contributed by atoms with Crippen LogP contribution in [0.3, 0.4) is 0 Å². The van der Waals surface area contributed by atoms with Crippen molar-refractivity contribution in [3.8, 4) is 5.75 Å². The fourth-order valence-corrected chi connectivity index (χ4v) is 1.37. The van der Waals surface area contributed by atoms with Crippen molar-refractivity contribution in [2.24, 2.45) is 0 Å². The number of hydrogen-bond donors (Lipinski definition) is 3. The summed E-state index contributed by atoms with van der Waals surface area (Å²) in [7, 11) is 0. The molecule has 6 nitrogen and oxygen atoms in total. The number of nitrogens with one attached hydrogen (secondary N) is 1. The van der Waals surface area contributed by atoms with Gasteiger partial charge < -0.3 is 20.3 Å². The highest BCUT2D eigenvalue weighted by Crippen LogP contribution is 2.22. The summed E-state index contributed by atoms with van der Waals surface area (Å²) in [6.45, 7) is -1.85. The molecule has 0 bridgehead atoms. The molecule has 9 heteroatoms. The first-order valence-electron chi connectivity index (χ1n) is 5.69. The van der Waals surface area contributed by atoms with E-state index in [0.29, 0.717) is 0 Å². The van der Waals surface area contributed by atoms with Crippen LogP contribution in [-0.2, 0) is 9.53 Å². The highest BCUT2D eigenvalue weighted by molar-refractivity contribution is 5.94. The van der Waals surface area contributed by atoms with Crippen molar-refractivity contribution in [1.29, 1.82) is 0 Å². The number of anilines is 1. The molecule has 21 heavy (non-hydrogen) atoms. The fraction of sp³-hybridized carbons (Fsp3) is 0.333. The standard InChI is InChI=1S/C12H12F3NO5/c13-12(14,15)6-21-4-3-10(18)16-7-1-2-8(11(19)20)9(17)5-7/h1-2,5,17H,3-4,6H2,(H,16,18)(H,19,20). The number of alkyl halides is 3. The lowest BCUT2D eigenvalue weighted by Gasteiger charge is -2.09. The van der Waals surface area contributed by atoms with Crippen LogP contribution in [0.1, 0.15) is 16.8 Å². The minimum atomic E-state index is -4.45. The smallest absolute Gasteiger partial charge is 0.411 e. The van der Waals surface area contributed by atoms with Gasteiger partial charge in [0.25, 0.3) is 0 Å². The van der Waals surface area contributed by atoms with E-state index in [-0.39, 0.29) is 17.7 Å². The molecule has 0 aliphatic rings. The van der Waals surface area contributed by atoms with E-state index in [1.165, 1.54) is 6.07 Å². The predicted octanol–water partition coefficient (Wildman–Crippen LogP) is 2.00. The van der Waals surface area contributed by atoms with Gasteiger partial charge in [0.1, 0.15) is 17.9 Å². The van der Waals surface area contributed by atoms with Crippen LogP contribution in [0.4, 0.5) is 18.9 Å². The van der Waals surface area contributed by atoms with Crippen LogP contribution in [-0.4, -0.2) is 41.5 Å². The van der Waals surface area contributed by atoms with Gasteiger partial charge in [-0.2, -0.15) is 13.2 Å². The Kier molecular flexibility index (Phi) is 5.53. The molecule has 1 aromatic carbocycles. The van der Waals surface area contributed by atoms with E-state index in [1.54, 1.807) is 0 Å². The molecular formula is C12H12F3NO5. The zero-order valence-corrected chi connectivity index (χ0v) is 10.6. The van der Waals surface area contributed by atoms with Gasteiger partial charge in [-0.25, -0.2) is 4.79 Å². The minimum Gasteiger partial charge on any atom is -0.507 e. The molecule has 0 spiro atoms. The lowest BCUT2D eigenvalue weighted by atomic mass is 10.2. The molecule has 1 aromatic rings. The summed E-state index contributed by atoms with van der Waals surface area (Å²) in [5.74, 6) is -2.49. The molecule has 0 heterocycles. The second kappa shape index (κ2) is 6.93. The second-order valence-corrected chi connectivity index (χ2v) is 4.00. The van der Waals surface area contributed by atoms with Crippen molar-refractivity contribution >= 4 is 17.6 Å². The van der Waals surface area contributed by atoms with Crippen molar-refractivity contribution in [2.45, 2.75) is 12.6 Å². The molecule has 0 atom stereocenters. The molecule has 116 valence electrons. The van der Waals surface area contributed by atoms with Crippen molar-refractivity contribution < 1.29 is 37.7 Å². The monoisotopic (exact) mass is 307 g/mol. The van der Waals surface area contributed by atoms with E-state index in [4.69, 9.17) is 5.11 Å². The quantitative estimate of drug-likeness (QED) is 0.699. The summed E-state index contributed by atoms with van der Waals surface area (Å²) in [5.41, 5.74) is -0.208. The van der Waals surface area contributed by atoms with Gasteiger partial charge in [0.2, 0.25) is 5.91 Å². The number of benzene rings is 1. The average Bonchev–Trinajstić information content (AvgIpc) is 2.33. The molecule has 0 fully saturated rings. The Balaban J connectivity index is 2.45. The van der Waals surface area contributed by atoms with E-state index in [0.717, 1.165) is 12.1 Å². The molecule has 0 aromatic heterocycles. The highest BCUT2D eigenvalue weighted by Gasteiger charge is 2.27. The number of aromatic carboxylic acids is 1. The first kappa shape index (κ1) is 16.8. The maximum Gasteiger partial charge on any atom is 0.411 e. The average molecular weight is 307 g/mol. The van der Waals surface area contributed by atoms with Gasteiger partial charge in [0.05, 0.1) is 13.0 Å². The van der Waals surface area contributed by atoms with E-state index in [9.17, 15) is 27.9 Å². The number of carboxylic acid groups (broad SMARTS) is 1. The van der Waals surface area contributed by atoms with E-state index in [2.05, 4.69) is 10.1 Å². The Morgan fingerprint density at radius 1 is 1.29 bits per heavy atom. The Bertz CT molecular complexity index is 530. The zero-order valence-electron chi connectivity index (χ0n) is 10.6. The van der Waals surface area contributed by atoms with Crippen LogP contribution in [0.25, 0.3) is 0 Å². The molecule has 1 rings (SSSR count). The maximum atomic E-state index is 11.8. The Hall–Kier alpha value is -2.29. The Labute approximate surface area is 117 Å². The van der Waals surface area contributed by atoms with Gasteiger partial charge in [-0.3, -0.25) is 4.79 Å². The molecule has 0 aliphatic carbocycles. The number of carbonyl (C=O) groups is 2. The molecule has 0 radical (unpaired) electrons. The van der Waals surface area contributed by atoms with Crippen molar-refractivity contribution in [3.05, 3.63) is 23.8 Å². The molecule has 0 saturated heterocycles. The number of carboxylic acids is 1. The summed E-state index contributed by atoms with van der Waals surface area (Å²) in [5, 5.41) is 20.4. The number of rotatable bonds is 6. The van der Waals surface area contributed by atoms with Crippen molar-refractivity contribution in [3.63, 3.8) is 0 Å². The third-order valence-electron chi connectivity index (χ3n) is 2.25. The molecule has 0 saturated carbocycles. The first-order valence-corrected chi connectivity index (χ1v) is 5.69. The van der Waals surface area contributed by atoms with Gasteiger partial charge in [0.15, 0.2) is 0 Å². The molecular weight excluding hydrogens is 295 g/mol. The lowest BCUT2D eigenvalue weighted by molar-refractivity contribution is -0.174. The summed E-state index contributed by atoms with van der Waals surface area (Å²) < 4.78 is 39.6. The van der Waals surface area contributed by atoms with Gasteiger partial charge in [-0.05, 0) is 12.1 Å². The van der Waals surface area contributed by atoms with Crippen LogP contribution in [0.5, 0.6) is 5.75 Å². The molecule has 0 unspecified atom stereocenters. The van der Waals surface area contributed by atoms with Gasteiger partial charge >= 0.3 is 12.1 Å². The molecule has 0 aliphatic heterocycles. The Morgan fingerprint density at radius 2 is 1.95 bits per heavy atom. The zero-order chi connectivity index (χ0) is 16.0. The fourth-order valence-electron chi connectivity index (χ4n) is 1.37. The number of hydrogen-bond acceptors (Lipinski definition) is 4. The third-order valence-corrected chi connectivity index (χ3v) is 2.25. The van der Waals surface area contributed by atoms with E-state index in [1.807, 2.05) is 0 Å². The van der Waals surface area contributed by atoms with Crippen LogP contribution in [0.2, 0.25) is 0 Å². The normalized spacial score (nSPS) is 11.2. The summed E-state index contributed by atoms with van der Waals surface area (Å²) in [6, 6.07) is 3.36. The van der Waals surface area contributed by atoms with Crippen LogP contribution in [0, 0.1) is 0 Å². The van der Waals surface area contributed by atoms with Crippen LogP contribution >= 0.6 is 0 Å². The number of ether oxygens (including phenoxy) is 1. The maximum absolute atomic E-state index is 11.8. The number of phenols is 1. The van der Waals surface area contributed by atoms with E-state index < -0.39 is 37.0 Å². The second-order valence-electron chi connectivity index (χ2n) is 4.00. The number of amides is 1. The molecule has 3 N–H and O–H groups in total. The highest BCUT2D eigenvalue weighted by atomic mass is 19.4.